The molecule has 0 aromatic heterocycles. The lowest BCUT2D eigenvalue weighted by atomic mass is 9.74. The van der Waals surface area contributed by atoms with Crippen LogP contribution in [0.25, 0.3) is 0 Å². The molecule has 0 spiro atoms. The van der Waals surface area contributed by atoms with Crippen molar-refractivity contribution in [1.82, 2.24) is 4.90 Å². The zero-order valence-corrected chi connectivity index (χ0v) is 18.8. The van der Waals surface area contributed by atoms with E-state index in [1.165, 1.54) is 6.42 Å². The van der Waals surface area contributed by atoms with E-state index in [2.05, 4.69) is 32.6 Å². The molecule has 1 saturated heterocycles. The molecule has 0 aliphatic carbocycles. The standard InChI is InChI=1S/C22H41NO5/c1-7-12-19(25)28-18(20(26)27-10-4)15-17(24)16-23-21(5,6)13-11-14-22(23,8-2)9-3/h17-18,24H,7-16H2,1-6H3. The third-order valence-corrected chi connectivity index (χ3v) is 6.21. The maximum absolute atomic E-state index is 12.3. The highest BCUT2D eigenvalue weighted by molar-refractivity contribution is 5.79. The van der Waals surface area contributed by atoms with E-state index in [0.29, 0.717) is 13.0 Å². The quantitative estimate of drug-likeness (QED) is 0.532. The Morgan fingerprint density at radius 1 is 1.11 bits per heavy atom. The van der Waals surface area contributed by atoms with Gasteiger partial charge in [-0.3, -0.25) is 9.69 Å². The third-order valence-electron chi connectivity index (χ3n) is 6.21. The fourth-order valence-corrected chi connectivity index (χ4v) is 4.57. The van der Waals surface area contributed by atoms with Crippen LogP contribution in [0.1, 0.15) is 92.9 Å². The molecule has 6 heteroatoms. The van der Waals surface area contributed by atoms with Crippen LogP contribution < -0.4 is 0 Å². The summed E-state index contributed by atoms with van der Waals surface area (Å²) < 4.78 is 10.4. The number of hydrogen-bond donors (Lipinski definition) is 1. The number of β-amino-alcohol motifs (C(OH)–C–C–N with tert-alkyl or cyclic N) is 1. The van der Waals surface area contributed by atoms with Gasteiger partial charge < -0.3 is 14.6 Å². The number of piperidine rings is 1. The van der Waals surface area contributed by atoms with Crippen LogP contribution in [0.5, 0.6) is 0 Å². The molecule has 1 heterocycles. The van der Waals surface area contributed by atoms with E-state index >= 15 is 0 Å². The van der Waals surface area contributed by atoms with Crippen LogP contribution in [0.2, 0.25) is 0 Å². The number of aliphatic hydroxyl groups is 1. The van der Waals surface area contributed by atoms with E-state index in [-0.39, 0.29) is 30.5 Å². The number of nitrogens with zero attached hydrogens (tertiary/aromatic N) is 1. The number of carbonyl (C=O) groups is 2. The summed E-state index contributed by atoms with van der Waals surface area (Å²) in [5, 5.41) is 10.8. The molecule has 28 heavy (non-hydrogen) atoms. The Kier molecular flexibility index (Phi) is 9.91. The fraction of sp³-hybridized carbons (Fsp3) is 0.909. The number of hydrogen-bond acceptors (Lipinski definition) is 6. The predicted octanol–water partition coefficient (Wildman–Crippen LogP) is 3.84. The summed E-state index contributed by atoms with van der Waals surface area (Å²) in [5.74, 6) is -1.01. The van der Waals surface area contributed by atoms with Gasteiger partial charge in [-0.25, -0.2) is 4.79 Å². The van der Waals surface area contributed by atoms with Crippen LogP contribution in [0, 0.1) is 0 Å². The topological polar surface area (TPSA) is 76.1 Å². The average Bonchev–Trinajstić information content (AvgIpc) is 2.63. The number of carbonyl (C=O) groups excluding carboxylic acids is 2. The summed E-state index contributed by atoms with van der Waals surface area (Å²) >= 11 is 0. The van der Waals surface area contributed by atoms with Crippen LogP contribution in [0.4, 0.5) is 0 Å². The Morgan fingerprint density at radius 2 is 1.75 bits per heavy atom. The molecule has 1 fully saturated rings. The van der Waals surface area contributed by atoms with Gasteiger partial charge in [-0.1, -0.05) is 20.8 Å². The van der Waals surface area contributed by atoms with E-state index < -0.39 is 24.1 Å². The SMILES string of the molecule is CCCC(=O)OC(CC(O)CN1C(C)(C)CCCC1(CC)CC)C(=O)OCC. The minimum absolute atomic E-state index is 0.0242. The number of aliphatic hydroxyl groups excluding tert-OH is 1. The molecule has 1 aliphatic rings. The molecule has 2 unspecified atom stereocenters. The summed E-state index contributed by atoms with van der Waals surface area (Å²) in [6.07, 6.45) is 4.54. The molecule has 0 radical (unpaired) electrons. The van der Waals surface area contributed by atoms with E-state index in [1.54, 1.807) is 6.92 Å². The summed E-state index contributed by atoms with van der Waals surface area (Å²) in [7, 11) is 0. The van der Waals surface area contributed by atoms with Gasteiger partial charge in [-0.05, 0) is 59.3 Å². The van der Waals surface area contributed by atoms with Gasteiger partial charge in [0.2, 0.25) is 6.10 Å². The molecule has 1 rings (SSSR count). The van der Waals surface area contributed by atoms with Gasteiger partial charge in [-0.15, -0.1) is 0 Å². The van der Waals surface area contributed by atoms with Crippen molar-refractivity contribution in [3.8, 4) is 0 Å². The van der Waals surface area contributed by atoms with Crippen molar-refractivity contribution in [2.75, 3.05) is 13.2 Å². The van der Waals surface area contributed by atoms with Gasteiger partial charge in [0.15, 0.2) is 0 Å². The van der Waals surface area contributed by atoms with Gasteiger partial charge in [0, 0.05) is 30.5 Å². The Morgan fingerprint density at radius 3 is 2.29 bits per heavy atom. The highest BCUT2D eigenvalue weighted by atomic mass is 16.6. The Labute approximate surface area is 171 Å². The second-order valence-corrected chi connectivity index (χ2v) is 8.58. The zero-order valence-electron chi connectivity index (χ0n) is 18.8. The van der Waals surface area contributed by atoms with E-state index in [1.807, 2.05) is 6.92 Å². The number of ether oxygens (including phenoxy) is 2. The van der Waals surface area contributed by atoms with Crippen molar-refractivity contribution < 1.29 is 24.2 Å². The molecule has 0 bridgehead atoms. The first-order chi connectivity index (χ1) is 13.2. The van der Waals surface area contributed by atoms with Crippen LogP contribution in [-0.2, 0) is 19.1 Å². The molecule has 0 aromatic rings. The molecule has 164 valence electrons. The molecule has 6 nitrogen and oxygen atoms in total. The molecular formula is C22H41NO5. The van der Waals surface area contributed by atoms with E-state index in [4.69, 9.17) is 9.47 Å². The molecular weight excluding hydrogens is 358 g/mol. The Hall–Kier alpha value is -1.14. The molecule has 1 N–H and O–H groups in total. The summed E-state index contributed by atoms with van der Waals surface area (Å²) in [6, 6.07) is 0. The highest BCUT2D eigenvalue weighted by Gasteiger charge is 2.45. The molecule has 0 aromatic carbocycles. The lowest BCUT2D eigenvalue weighted by molar-refractivity contribution is -0.170. The van der Waals surface area contributed by atoms with Gasteiger partial charge >= 0.3 is 11.9 Å². The largest absolute Gasteiger partial charge is 0.463 e. The first kappa shape index (κ1) is 24.9. The third kappa shape index (κ3) is 6.45. The van der Waals surface area contributed by atoms with Crippen molar-refractivity contribution in [2.45, 2.75) is 116 Å². The predicted molar refractivity (Wildman–Crippen MR) is 110 cm³/mol. The van der Waals surface area contributed by atoms with Gasteiger partial charge in [0.25, 0.3) is 0 Å². The number of rotatable bonds is 11. The van der Waals surface area contributed by atoms with Crippen molar-refractivity contribution in [2.24, 2.45) is 0 Å². The van der Waals surface area contributed by atoms with Crippen LogP contribution in [0.15, 0.2) is 0 Å². The van der Waals surface area contributed by atoms with E-state index in [9.17, 15) is 14.7 Å². The lowest BCUT2D eigenvalue weighted by Gasteiger charge is -2.56. The summed E-state index contributed by atoms with van der Waals surface area (Å²) in [5.41, 5.74) is 0.0323. The monoisotopic (exact) mass is 399 g/mol. The van der Waals surface area contributed by atoms with Crippen molar-refractivity contribution in [3.05, 3.63) is 0 Å². The Balaban J connectivity index is 2.91. The van der Waals surface area contributed by atoms with Crippen LogP contribution in [0.3, 0.4) is 0 Å². The maximum Gasteiger partial charge on any atom is 0.347 e. The molecule has 0 amide bonds. The number of likely N-dealkylation sites (tertiary alicyclic amines) is 1. The van der Waals surface area contributed by atoms with Crippen molar-refractivity contribution in [3.63, 3.8) is 0 Å². The summed E-state index contributed by atoms with van der Waals surface area (Å²) in [4.78, 5) is 26.6. The van der Waals surface area contributed by atoms with Crippen LogP contribution in [-0.4, -0.2) is 58.4 Å². The molecule has 1 aliphatic heterocycles. The zero-order chi connectivity index (χ0) is 21.4. The van der Waals surface area contributed by atoms with Crippen LogP contribution >= 0.6 is 0 Å². The van der Waals surface area contributed by atoms with Crippen molar-refractivity contribution >= 4 is 11.9 Å². The minimum atomic E-state index is -1.06. The number of esters is 2. The molecule has 2 atom stereocenters. The van der Waals surface area contributed by atoms with Gasteiger partial charge in [-0.2, -0.15) is 0 Å². The highest BCUT2D eigenvalue weighted by Crippen LogP contribution is 2.42. The summed E-state index contributed by atoms with van der Waals surface area (Å²) in [6.45, 7) is 13.1. The maximum atomic E-state index is 12.3. The van der Waals surface area contributed by atoms with Gasteiger partial charge in [0.1, 0.15) is 0 Å². The Bertz CT molecular complexity index is 501. The normalized spacial score (nSPS) is 21.0. The second-order valence-electron chi connectivity index (χ2n) is 8.58. The van der Waals surface area contributed by atoms with E-state index in [0.717, 1.165) is 25.7 Å². The lowest BCUT2D eigenvalue weighted by Crippen LogP contribution is -2.62. The first-order valence-electron chi connectivity index (χ1n) is 11.0. The minimum Gasteiger partial charge on any atom is -0.463 e. The second kappa shape index (κ2) is 11.1. The smallest absolute Gasteiger partial charge is 0.347 e. The molecule has 0 saturated carbocycles. The van der Waals surface area contributed by atoms with Crippen molar-refractivity contribution in [1.29, 1.82) is 0 Å². The average molecular weight is 400 g/mol. The fourth-order valence-electron chi connectivity index (χ4n) is 4.57. The first-order valence-corrected chi connectivity index (χ1v) is 11.0. The van der Waals surface area contributed by atoms with Gasteiger partial charge in [0.05, 0.1) is 12.7 Å².